The number of halogens is 3. The molecule has 0 aliphatic carbocycles. The molecule has 0 aliphatic heterocycles. The van der Waals surface area contributed by atoms with E-state index in [9.17, 15) is 18.0 Å². The van der Waals surface area contributed by atoms with Crippen molar-refractivity contribution in [3.05, 3.63) is 65.4 Å². The Kier molecular flexibility index (Phi) is 4.69. The SMILES string of the molecule is COC(=O)c1c(OCc2ccccc2)c2cccc(C(F)(F)F)c2c2nc(N)nn12. The van der Waals surface area contributed by atoms with Gasteiger partial charge in [0.15, 0.2) is 17.1 Å². The lowest BCUT2D eigenvalue weighted by Crippen LogP contribution is -2.15. The lowest BCUT2D eigenvalue weighted by Gasteiger charge is -2.17. The summed E-state index contributed by atoms with van der Waals surface area (Å²) in [6.45, 7) is 0.00582. The van der Waals surface area contributed by atoms with Gasteiger partial charge in [-0.15, -0.1) is 5.10 Å². The minimum atomic E-state index is -4.68. The van der Waals surface area contributed by atoms with Crippen LogP contribution in [0, 0.1) is 0 Å². The van der Waals surface area contributed by atoms with Crippen molar-refractivity contribution in [3.63, 3.8) is 0 Å². The topological polar surface area (TPSA) is 91.7 Å². The van der Waals surface area contributed by atoms with Crippen molar-refractivity contribution in [2.45, 2.75) is 12.8 Å². The van der Waals surface area contributed by atoms with Crippen LogP contribution < -0.4 is 10.5 Å². The number of esters is 1. The molecule has 4 rings (SSSR count). The third-order valence-electron chi connectivity index (χ3n) is 4.49. The minimum Gasteiger partial charge on any atom is -0.486 e. The Morgan fingerprint density at radius 3 is 2.53 bits per heavy atom. The molecular formula is C20H15F3N4O3. The van der Waals surface area contributed by atoms with Crippen LogP contribution in [0.15, 0.2) is 48.5 Å². The Bertz CT molecular complexity index is 1250. The number of nitrogens with zero attached hydrogens (tertiary/aromatic N) is 3. The zero-order valence-corrected chi connectivity index (χ0v) is 15.6. The first kappa shape index (κ1) is 19.5. The molecule has 0 amide bonds. The van der Waals surface area contributed by atoms with Crippen LogP contribution in [0.2, 0.25) is 0 Å². The van der Waals surface area contributed by atoms with Crippen LogP contribution in [-0.2, 0) is 17.5 Å². The first-order chi connectivity index (χ1) is 14.3. The van der Waals surface area contributed by atoms with Crippen molar-refractivity contribution in [1.29, 1.82) is 0 Å². The summed E-state index contributed by atoms with van der Waals surface area (Å²) in [7, 11) is 1.14. The van der Waals surface area contributed by atoms with Crippen LogP contribution in [-0.4, -0.2) is 27.7 Å². The fourth-order valence-corrected chi connectivity index (χ4v) is 3.24. The van der Waals surface area contributed by atoms with Crippen LogP contribution in [0.25, 0.3) is 16.4 Å². The van der Waals surface area contributed by atoms with E-state index in [-0.39, 0.29) is 40.4 Å². The molecule has 0 fully saturated rings. The van der Waals surface area contributed by atoms with E-state index in [0.717, 1.165) is 23.3 Å². The quantitative estimate of drug-likeness (QED) is 0.508. The van der Waals surface area contributed by atoms with Gasteiger partial charge in [0.25, 0.3) is 0 Å². The van der Waals surface area contributed by atoms with Crippen LogP contribution >= 0.6 is 0 Å². The molecule has 2 N–H and O–H groups in total. The van der Waals surface area contributed by atoms with Crippen molar-refractivity contribution >= 4 is 28.3 Å². The number of methoxy groups -OCH3 is 1. The predicted molar refractivity (Wildman–Crippen MR) is 102 cm³/mol. The second-order valence-electron chi connectivity index (χ2n) is 6.37. The number of pyridine rings is 1. The Labute approximate surface area is 167 Å². The molecule has 0 atom stereocenters. The monoisotopic (exact) mass is 416 g/mol. The lowest BCUT2D eigenvalue weighted by atomic mass is 10.0. The maximum Gasteiger partial charge on any atom is 0.417 e. The van der Waals surface area contributed by atoms with Crippen LogP contribution in [0.3, 0.4) is 0 Å². The van der Waals surface area contributed by atoms with Gasteiger partial charge in [-0.25, -0.2) is 4.79 Å². The number of carbonyl (C=O) groups is 1. The second-order valence-corrected chi connectivity index (χ2v) is 6.37. The highest BCUT2D eigenvalue weighted by atomic mass is 19.4. The maximum absolute atomic E-state index is 13.7. The van der Waals surface area contributed by atoms with E-state index in [4.69, 9.17) is 15.2 Å². The van der Waals surface area contributed by atoms with Gasteiger partial charge in [0, 0.05) is 10.8 Å². The molecule has 10 heteroatoms. The van der Waals surface area contributed by atoms with Gasteiger partial charge in [0.1, 0.15) is 6.61 Å². The van der Waals surface area contributed by atoms with E-state index < -0.39 is 17.7 Å². The largest absolute Gasteiger partial charge is 0.486 e. The third kappa shape index (κ3) is 3.25. The number of anilines is 1. The van der Waals surface area contributed by atoms with Crippen molar-refractivity contribution in [3.8, 4) is 5.75 Å². The molecule has 0 unspecified atom stereocenters. The first-order valence-corrected chi connectivity index (χ1v) is 8.74. The lowest BCUT2D eigenvalue weighted by molar-refractivity contribution is -0.136. The number of nitrogen functional groups attached to an aromatic ring is 1. The molecule has 4 aromatic rings. The summed E-state index contributed by atoms with van der Waals surface area (Å²) in [5.74, 6) is -1.25. The zero-order chi connectivity index (χ0) is 21.5. The van der Waals surface area contributed by atoms with Crippen molar-refractivity contribution in [1.82, 2.24) is 14.6 Å². The summed E-state index contributed by atoms with van der Waals surface area (Å²) in [5.41, 5.74) is 5.03. The molecule has 7 nitrogen and oxygen atoms in total. The smallest absolute Gasteiger partial charge is 0.417 e. The number of ether oxygens (including phenoxy) is 2. The highest BCUT2D eigenvalue weighted by Crippen LogP contribution is 2.41. The van der Waals surface area contributed by atoms with Gasteiger partial charge in [-0.2, -0.15) is 22.7 Å². The molecule has 0 aliphatic rings. The Balaban J connectivity index is 2.06. The number of hydrogen-bond donors (Lipinski definition) is 1. The fraction of sp³-hybridized carbons (Fsp3) is 0.150. The molecule has 0 radical (unpaired) electrons. The molecule has 2 aromatic heterocycles. The molecule has 30 heavy (non-hydrogen) atoms. The van der Waals surface area contributed by atoms with Gasteiger partial charge in [-0.05, 0) is 11.6 Å². The first-order valence-electron chi connectivity index (χ1n) is 8.74. The molecule has 0 saturated heterocycles. The minimum absolute atomic E-state index is 0.00582. The van der Waals surface area contributed by atoms with Crippen molar-refractivity contribution < 1.29 is 27.4 Å². The third-order valence-corrected chi connectivity index (χ3v) is 4.49. The van der Waals surface area contributed by atoms with E-state index in [1.165, 1.54) is 12.1 Å². The number of hydrogen-bond acceptors (Lipinski definition) is 6. The van der Waals surface area contributed by atoms with E-state index in [0.29, 0.717) is 0 Å². The van der Waals surface area contributed by atoms with Crippen LogP contribution in [0.1, 0.15) is 21.6 Å². The number of rotatable bonds is 4. The van der Waals surface area contributed by atoms with Gasteiger partial charge >= 0.3 is 12.1 Å². The Hall–Kier alpha value is -3.82. The highest BCUT2D eigenvalue weighted by molar-refractivity contribution is 6.07. The average molecular weight is 416 g/mol. The number of alkyl halides is 3. The van der Waals surface area contributed by atoms with Gasteiger partial charge in [-0.1, -0.05) is 42.5 Å². The van der Waals surface area contributed by atoms with E-state index >= 15 is 0 Å². The number of aromatic nitrogens is 3. The predicted octanol–water partition coefficient (Wildman–Crippen LogP) is 3.85. The average Bonchev–Trinajstić information content (AvgIpc) is 3.11. The summed E-state index contributed by atoms with van der Waals surface area (Å²) < 4.78 is 52.8. The molecule has 0 saturated carbocycles. The highest BCUT2D eigenvalue weighted by Gasteiger charge is 2.36. The molecular weight excluding hydrogens is 401 g/mol. The fourth-order valence-electron chi connectivity index (χ4n) is 3.24. The summed E-state index contributed by atoms with van der Waals surface area (Å²) in [6.07, 6.45) is -4.68. The van der Waals surface area contributed by atoms with Gasteiger partial charge in [-0.3, -0.25) is 0 Å². The molecule has 0 spiro atoms. The molecule has 2 heterocycles. The second kappa shape index (κ2) is 7.21. The number of benzene rings is 2. The van der Waals surface area contributed by atoms with E-state index in [2.05, 4.69) is 10.1 Å². The van der Waals surface area contributed by atoms with Crippen molar-refractivity contribution in [2.24, 2.45) is 0 Å². The number of fused-ring (bicyclic) bond motifs is 3. The normalized spacial score (nSPS) is 11.7. The summed E-state index contributed by atoms with van der Waals surface area (Å²) in [4.78, 5) is 16.5. The maximum atomic E-state index is 13.7. The van der Waals surface area contributed by atoms with Crippen molar-refractivity contribution in [2.75, 3.05) is 12.8 Å². The zero-order valence-electron chi connectivity index (χ0n) is 15.6. The van der Waals surface area contributed by atoms with E-state index in [1.807, 2.05) is 6.07 Å². The summed E-state index contributed by atoms with van der Waals surface area (Å²) in [6, 6.07) is 12.5. The summed E-state index contributed by atoms with van der Waals surface area (Å²) >= 11 is 0. The standard InChI is InChI=1S/C20H15F3N4O3/c1-29-18(28)15-16(30-10-11-6-3-2-4-7-11)12-8-5-9-13(20(21,22)23)14(12)17-25-19(24)26-27(15)17/h2-9H,10H2,1H3,(H2,24,26). The molecule has 0 bridgehead atoms. The molecule has 154 valence electrons. The number of carbonyl (C=O) groups excluding carboxylic acids is 1. The van der Waals surface area contributed by atoms with Gasteiger partial charge < -0.3 is 15.2 Å². The van der Waals surface area contributed by atoms with Gasteiger partial charge in [0.05, 0.1) is 12.7 Å². The van der Waals surface area contributed by atoms with E-state index in [1.54, 1.807) is 24.3 Å². The van der Waals surface area contributed by atoms with Crippen LogP contribution in [0.5, 0.6) is 5.75 Å². The number of nitrogens with two attached hydrogens (primary N) is 1. The molecule has 2 aromatic carbocycles. The Morgan fingerprint density at radius 2 is 1.87 bits per heavy atom. The van der Waals surface area contributed by atoms with Gasteiger partial charge in [0.2, 0.25) is 5.95 Å². The summed E-state index contributed by atoms with van der Waals surface area (Å²) in [5, 5.41) is 3.68. The van der Waals surface area contributed by atoms with Crippen LogP contribution in [0.4, 0.5) is 19.1 Å². The Morgan fingerprint density at radius 1 is 1.13 bits per heavy atom.